The van der Waals surface area contributed by atoms with E-state index < -0.39 is 0 Å². The normalized spacial score (nSPS) is 16.6. The Labute approximate surface area is 190 Å². The molecule has 8 heteroatoms. The summed E-state index contributed by atoms with van der Waals surface area (Å²) in [6.45, 7) is 5.40. The molecule has 0 aromatic heterocycles. The van der Waals surface area contributed by atoms with E-state index in [9.17, 15) is 4.79 Å². The lowest BCUT2D eigenvalue weighted by Crippen LogP contribution is -2.28. The maximum Gasteiger partial charge on any atom is 0.266 e. The van der Waals surface area contributed by atoms with Crippen LogP contribution in [-0.4, -0.2) is 36.2 Å². The van der Waals surface area contributed by atoms with E-state index in [1.54, 1.807) is 24.1 Å². The first-order valence-electron chi connectivity index (χ1n) is 9.47. The van der Waals surface area contributed by atoms with Crippen molar-refractivity contribution in [2.45, 2.75) is 20.5 Å². The first kappa shape index (κ1) is 22.5. The van der Waals surface area contributed by atoms with Gasteiger partial charge in [-0.15, -0.1) is 0 Å². The zero-order chi connectivity index (χ0) is 21.7. The van der Waals surface area contributed by atoms with Crippen LogP contribution < -0.4 is 9.47 Å². The molecule has 0 saturated carbocycles. The molecular formula is C22H22Cl2N2O3S. The standard InChI is InChI=1S/C22H22Cl2N2O3S/c1-4-25-22-26(5-2)21(27)20(30-22)11-14-6-9-18(19(10-14)28-3)29-13-15-7-8-16(23)12-17(15)24/h6-12H,4-5,13H2,1-3H3/b20-11+,25-22?. The molecule has 2 aromatic rings. The Morgan fingerprint density at radius 3 is 2.60 bits per heavy atom. The molecule has 2 aromatic carbocycles. The molecule has 0 radical (unpaired) electrons. The number of amides is 1. The van der Waals surface area contributed by atoms with E-state index in [0.717, 1.165) is 16.3 Å². The number of rotatable bonds is 7. The van der Waals surface area contributed by atoms with Crippen LogP contribution in [0.25, 0.3) is 6.08 Å². The summed E-state index contributed by atoms with van der Waals surface area (Å²) in [7, 11) is 1.58. The van der Waals surface area contributed by atoms with Gasteiger partial charge in [0.25, 0.3) is 5.91 Å². The minimum absolute atomic E-state index is 0.0358. The third-order valence-electron chi connectivity index (χ3n) is 4.38. The van der Waals surface area contributed by atoms with E-state index in [1.807, 2.05) is 44.2 Å². The zero-order valence-corrected chi connectivity index (χ0v) is 19.3. The highest BCUT2D eigenvalue weighted by molar-refractivity contribution is 8.18. The Hall–Kier alpha value is -2.15. The fourth-order valence-corrected chi connectivity index (χ4v) is 4.45. The quantitative estimate of drug-likeness (QED) is 0.479. The number of methoxy groups -OCH3 is 1. The number of likely N-dealkylation sites (N-methyl/N-ethyl adjacent to an activating group) is 1. The van der Waals surface area contributed by atoms with Gasteiger partial charge >= 0.3 is 0 Å². The van der Waals surface area contributed by atoms with Crippen molar-refractivity contribution in [1.82, 2.24) is 4.90 Å². The fraction of sp³-hybridized carbons (Fsp3) is 0.273. The van der Waals surface area contributed by atoms with E-state index in [0.29, 0.717) is 39.5 Å². The Morgan fingerprint density at radius 2 is 1.93 bits per heavy atom. The van der Waals surface area contributed by atoms with Gasteiger partial charge in [-0.1, -0.05) is 35.3 Å². The van der Waals surface area contributed by atoms with E-state index in [2.05, 4.69) is 4.99 Å². The number of hydrogen-bond acceptors (Lipinski definition) is 5. The van der Waals surface area contributed by atoms with E-state index in [4.69, 9.17) is 32.7 Å². The number of nitrogens with zero attached hydrogens (tertiary/aromatic N) is 2. The fourth-order valence-electron chi connectivity index (χ4n) is 2.88. The molecule has 0 atom stereocenters. The number of thioether (sulfide) groups is 1. The largest absolute Gasteiger partial charge is 0.493 e. The molecule has 3 rings (SSSR count). The molecule has 1 saturated heterocycles. The second-order valence-corrected chi connectivity index (χ2v) is 8.20. The summed E-state index contributed by atoms with van der Waals surface area (Å²) in [5.74, 6) is 1.12. The number of hydrogen-bond donors (Lipinski definition) is 0. The van der Waals surface area contributed by atoms with Crippen molar-refractivity contribution >= 4 is 52.1 Å². The van der Waals surface area contributed by atoms with Crippen molar-refractivity contribution in [1.29, 1.82) is 0 Å². The molecule has 5 nitrogen and oxygen atoms in total. The molecule has 0 bridgehead atoms. The van der Waals surface area contributed by atoms with Gasteiger partial charge < -0.3 is 9.47 Å². The SMILES string of the molecule is CCN=C1S/C(=C/c2ccc(OCc3ccc(Cl)cc3Cl)c(OC)c2)C(=O)N1CC. The van der Waals surface area contributed by atoms with Crippen LogP contribution >= 0.6 is 35.0 Å². The van der Waals surface area contributed by atoms with Crippen LogP contribution in [0.3, 0.4) is 0 Å². The van der Waals surface area contributed by atoms with Gasteiger partial charge in [-0.2, -0.15) is 0 Å². The molecule has 1 aliphatic heterocycles. The van der Waals surface area contributed by atoms with Crippen molar-refractivity contribution in [3.8, 4) is 11.5 Å². The second kappa shape index (κ2) is 10.2. The highest BCUT2D eigenvalue weighted by Crippen LogP contribution is 2.35. The highest BCUT2D eigenvalue weighted by Gasteiger charge is 2.31. The molecule has 1 heterocycles. The molecule has 30 heavy (non-hydrogen) atoms. The molecule has 158 valence electrons. The van der Waals surface area contributed by atoms with Gasteiger partial charge in [0.05, 0.1) is 12.0 Å². The molecule has 0 unspecified atom stereocenters. The topological polar surface area (TPSA) is 51.1 Å². The van der Waals surface area contributed by atoms with Crippen LogP contribution in [0.15, 0.2) is 46.3 Å². The van der Waals surface area contributed by atoms with Gasteiger partial charge in [0.15, 0.2) is 16.7 Å². The predicted molar refractivity (Wildman–Crippen MR) is 125 cm³/mol. The number of aliphatic imine (C=N–C) groups is 1. The predicted octanol–water partition coefficient (Wildman–Crippen LogP) is 5.89. The lowest BCUT2D eigenvalue weighted by atomic mass is 10.1. The van der Waals surface area contributed by atoms with E-state index >= 15 is 0 Å². The minimum Gasteiger partial charge on any atom is -0.493 e. The van der Waals surface area contributed by atoms with E-state index in [1.165, 1.54) is 11.8 Å². The molecule has 0 aliphatic carbocycles. The van der Waals surface area contributed by atoms with Gasteiger partial charge in [-0.25, -0.2) is 0 Å². The lowest BCUT2D eigenvalue weighted by Gasteiger charge is -2.12. The summed E-state index contributed by atoms with van der Waals surface area (Å²) in [5.41, 5.74) is 1.66. The number of amidine groups is 1. The van der Waals surface area contributed by atoms with Gasteiger partial charge in [0.2, 0.25) is 0 Å². The Kier molecular flexibility index (Phi) is 7.69. The van der Waals surface area contributed by atoms with Crippen LogP contribution in [0, 0.1) is 0 Å². The number of carbonyl (C=O) groups excluding carboxylic acids is 1. The van der Waals surface area contributed by atoms with Gasteiger partial charge in [0, 0.05) is 28.7 Å². The van der Waals surface area contributed by atoms with Crippen molar-refractivity contribution in [2.24, 2.45) is 4.99 Å². The third-order valence-corrected chi connectivity index (χ3v) is 6.01. The maximum absolute atomic E-state index is 12.6. The summed E-state index contributed by atoms with van der Waals surface area (Å²) in [6, 6.07) is 10.8. The first-order valence-corrected chi connectivity index (χ1v) is 11.0. The summed E-state index contributed by atoms with van der Waals surface area (Å²) in [6.07, 6.45) is 1.84. The number of benzene rings is 2. The molecule has 1 amide bonds. The molecule has 0 spiro atoms. The zero-order valence-electron chi connectivity index (χ0n) is 16.9. The van der Waals surface area contributed by atoms with Gasteiger partial charge in [-0.3, -0.25) is 14.7 Å². The van der Waals surface area contributed by atoms with Crippen molar-refractivity contribution in [2.75, 3.05) is 20.2 Å². The van der Waals surface area contributed by atoms with Gasteiger partial charge in [-0.05, 0) is 61.5 Å². The Morgan fingerprint density at radius 1 is 1.13 bits per heavy atom. The van der Waals surface area contributed by atoms with E-state index in [-0.39, 0.29) is 12.5 Å². The average Bonchev–Trinajstić information content (AvgIpc) is 3.02. The average molecular weight is 465 g/mol. The summed E-state index contributed by atoms with van der Waals surface area (Å²) >= 11 is 13.5. The van der Waals surface area contributed by atoms with Crippen LogP contribution in [0.1, 0.15) is 25.0 Å². The molecule has 0 N–H and O–H groups in total. The molecular weight excluding hydrogens is 443 g/mol. The van der Waals surface area contributed by atoms with Gasteiger partial charge in [0.1, 0.15) is 6.61 Å². The van der Waals surface area contributed by atoms with Crippen LogP contribution in [0.4, 0.5) is 0 Å². The Bertz CT molecular complexity index is 1010. The number of carbonyl (C=O) groups is 1. The Balaban J connectivity index is 1.79. The highest BCUT2D eigenvalue weighted by atomic mass is 35.5. The minimum atomic E-state index is -0.0358. The number of ether oxygens (including phenoxy) is 2. The lowest BCUT2D eigenvalue weighted by molar-refractivity contribution is -0.122. The molecule has 1 aliphatic rings. The summed E-state index contributed by atoms with van der Waals surface area (Å²) in [4.78, 5) is 19.4. The first-order chi connectivity index (χ1) is 14.5. The second-order valence-electron chi connectivity index (χ2n) is 6.35. The summed E-state index contributed by atoms with van der Waals surface area (Å²) in [5, 5.41) is 1.86. The molecule has 1 fully saturated rings. The monoisotopic (exact) mass is 464 g/mol. The van der Waals surface area contributed by atoms with Crippen LogP contribution in [0.5, 0.6) is 11.5 Å². The van der Waals surface area contributed by atoms with Crippen molar-refractivity contribution in [3.63, 3.8) is 0 Å². The van der Waals surface area contributed by atoms with Crippen molar-refractivity contribution < 1.29 is 14.3 Å². The summed E-state index contributed by atoms with van der Waals surface area (Å²) < 4.78 is 11.4. The van der Waals surface area contributed by atoms with Crippen LogP contribution in [-0.2, 0) is 11.4 Å². The smallest absolute Gasteiger partial charge is 0.266 e. The third kappa shape index (κ3) is 5.12. The van der Waals surface area contributed by atoms with Crippen molar-refractivity contribution in [3.05, 3.63) is 62.5 Å². The number of halogens is 2. The van der Waals surface area contributed by atoms with Crippen LogP contribution in [0.2, 0.25) is 10.0 Å². The maximum atomic E-state index is 12.6.